The predicted octanol–water partition coefficient (Wildman–Crippen LogP) is 4.67. The first-order valence-corrected chi connectivity index (χ1v) is 11.3. The van der Waals surface area contributed by atoms with Crippen molar-refractivity contribution in [1.82, 2.24) is 9.66 Å². The summed E-state index contributed by atoms with van der Waals surface area (Å²) >= 11 is 1.50. The lowest BCUT2D eigenvalue weighted by molar-refractivity contribution is -0.118. The van der Waals surface area contributed by atoms with Gasteiger partial charge in [0.15, 0.2) is 6.61 Å². The van der Waals surface area contributed by atoms with Gasteiger partial charge in [0, 0.05) is 17.1 Å². The molecule has 164 valence electrons. The third-order valence-corrected chi connectivity index (χ3v) is 6.20. The molecule has 2 aromatic carbocycles. The summed E-state index contributed by atoms with van der Waals surface area (Å²) in [7, 11) is 0. The van der Waals surface area contributed by atoms with E-state index in [0.29, 0.717) is 11.4 Å². The predicted molar refractivity (Wildman–Crippen MR) is 130 cm³/mol. The molecular weight excluding hydrogens is 434 g/mol. The van der Waals surface area contributed by atoms with E-state index in [1.165, 1.54) is 16.9 Å². The zero-order chi connectivity index (χ0) is 22.8. The summed E-state index contributed by atoms with van der Waals surface area (Å²) in [6.45, 7) is 4.17. The quantitative estimate of drug-likeness (QED) is 0.454. The van der Waals surface area contributed by atoms with Crippen molar-refractivity contribution in [2.45, 2.75) is 13.8 Å². The van der Waals surface area contributed by atoms with E-state index in [9.17, 15) is 4.79 Å². The zero-order valence-corrected chi connectivity index (χ0v) is 19.0. The van der Waals surface area contributed by atoms with Crippen molar-refractivity contribution in [3.63, 3.8) is 0 Å². The summed E-state index contributed by atoms with van der Waals surface area (Å²) in [6.07, 6.45) is 3.44. The lowest BCUT2D eigenvalue weighted by Crippen LogP contribution is -2.25. The third kappa shape index (κ3) is 4.33. The highest BCUT2D eigenvalue weighted by Gasteiger charge is 2.18. The number of anilines is 1. The van der Waals surface area contributed by atoms with Crippen molar-refractivity contribution < 1.29 is 9.53 Å². The average molecular weight is 456 g/mol. The fourth-order valence-electron chi connectivity index (χ4n) is 3.46. The maximum atomic E-state index is 11.8. The molecule has 0 bridgehead atoms. The van der Waals surface area contributed by atoms with Crippen molar-refractivity contribution in [2.24, 2.45) is 10.1 Å². The molecule has 2 aromatic heterocycles. The van der Waals surface area contributed by atoms with Gasteiger partial charge in [-0.1, -0.05) is 18.2 Å². The summed E-state index contributed by atoms with van der Waals surface area (Å²) in [5.74, 6) is 0.481. The van der Waals surface area contributed by atoms with Crippen molar-refractivity contribution in [1.29, 1.82) is 0 Å². The van der Waals surface area contributed by atoms with Gasteiger partial charge >= 0.3 is 0 Å². The summed E-state index contributed by atoms with van der Waals surface area (Å²) in [4.78, 5) is 21.8. The Hall–Kier alpha value is -4.04. The number of pyridine rings is 1. The summed E-state index contributed by atoms with van der Waals surface area (Å²) in [6, 6.07) is 17.5. The van der Waals surface area contributed by atoms with Gasteiger partial charge in [-0.15, -0.1) is 11.3 Å². The van der Waals surface area contributed by atoms with E-state index in [-0.39, 0.29) is 12.5 Å². The van der Waals surface area contributed by atoms with Gasteiger partial charge in [0.05, 0.1) is 29.0 Å². The fraction of sp³-hybridized carbons (Fsp3) is 0.120. The largest absolute Gasteiger partial charge is 0.482 e. The smallest absolute Gasteiger partial charge is 0.262 e. The number of aromatic nitrogens is 2. The number of aryl methyl sites for hydroxylation is 1. The van der Waals surface area contributed by atoms with E-state index in [2.05, 4.69) is 30.2 Å². The monoisotopic (exact) mass is 455 g/mol. The minimum absolute atomic E-state index is 0.0258. The number of thiazole rings is 1. The van der Waals surface area contributed by atoms with Crippen LogP contribution in [0.4, 0.5) is 11.4 Å². The number of carbonyl (C=O) groups excluding carboxylic acids is 1. The van der Waals surface area contributed by atoms with Crippen LogP contribution in [-0.4, -0.2) is 28.4 Å². The van der Waals surface area contributed by atoms with Crippen LogP contribution in [0.25, 0.3) is 11.3 Å². The molecule has 0 unspecified atom stereocenters. The van der Waals surface area contributed by atoms with Crippen LogP contribution in [0.15, 0.2) is 76.3 Å². The van der Waals surface area contributed by atoms with E-state index >= 15 is 0 Å². The molecule has 1 aliphatic rings. The summed E-state index contributed by atoms with van der Waals surface area (Å²) in [5.41, 5.74) is 6.32. The van der Waals surface area contributed by atoms with Crippen LogP contribution in [0.3, 0.4) is 0 Å². The Bertz CT molecular complexity index is 1440. The van der Waals surface area contributed by atoms with Crippen LogP contribution in [0.2, 0.25) is 0 Å². The molecule has 5 rings (SSSR count). The maximum absolute atomic E-state index is 11.8. The molecule has 0 radical (unpaired) electrons. The minimum atomic E-state index is -0.170. The topological polar surface area (TPSA) is 80.9 Å². The highest BCUT2D eigenvalue weighted by Crippen LogP contribution is 2.33. The van der Waals surface area contributed by atoms with Crippen molar-refractivity contribution >= 4 is 34.8 Å². The van der Waals surface area contributed by atoms with E-state index in [0.717, 1.165) is 33.0 Å². The van der Waals surface area contributed by atoms with Crippen LogP contribution >= 0.6 is 11.3 Å². The first-order chi connectivity index (χ1) is 16.1. The molecule has 0 aliphatic carbocycles. The first kappa shape index (κ1) is 20.8. The molecular formula is C25H21N5O2S. The minimum Gasteiger partial charge on any atom is -0.482 e. The number of ether oxygens (including phenoxy) is 1. The van der Waals surface area contributed by atoms with Crippen molar-refractivity contribution in [2.75, 3.05) is 11.9 Å². The molecule has 1 aliphatic heterocycles. The summed E-state index contributed by atoms with van der Waals surface area (Å²) < 4.78 is 7.30. The van der Waals surface area contributed by atoms with Crippen molar-refractivity contribution in [3.05, 3.63) is 87.8 Å². The van der Waals surface area contributed by atoms with Gasteiger partial charge in [-0.25, -0.2) is 9.67 Å². The van der Waals surface area contributed by atoms with E-state index < -0.39 is 0 Å². The normalized spacial score (nSPS) is 13.6. The molecule has 7 nitrogen and oxygen atoms in total. The third-order valence-electron chi connectivity index (χ3n) is 5.38. The SMILES string of the molecule is Cc1cccc(N=c2scc(-c3ccc4c(c3)NC(=O)CO4)n2N=Cc2ccccn2)c1C. The maximum Gasteiger partial charge on any atom is 0.262 e. The van der Waals surface area contributed by atoms with Gasteiger partial charge in [-0.3, -0.25) is 9.78 Å². The second-order valence-corrected chi connectivity index (χ2v) is 8.43. The number of hydrogen-bond acceptors (Lipinski definition) is 6. The molecule has 0 saturated carbocycles. The summed E-state index contributed by atoms with van der Waals surface area (Å²) in [5, 5.41) is 9.59. The number of rotatable bonds is 4. The van der Waals surface area contributed by atoms with Crippen LogP contribution in [0.5, 0.6) is 5.75 Å². The Labute approximate surface area is 194 Å². The number of hydrogen-bond donors (Lipinski definition) is 1. The van der Waals surface area contributed by atoms with Crippen LogP contribution in [0.1, 0.15) is 16.8 Å². The Morgan fingerprint density at radius 1 is 1.15 bits per heavy atom. The van der Waals surface area contributed by atoms with Gasteiger partial charge in [0.25, 0.3) is 5.91 Å². The van der Waals surface area contributed by atoms with Crippen molar-refractivity contribution in [3.8, 4) is 17.0 Å². The molecule has 33 heavy (non-hydrogen) atoms. The molecule has 0 atom stereocenters. The number of fused-ring (bicyclic) bond motifs is 1. The van der Waals surface area contributed by atoms with E-state index in [4.69, 9.17) is 14.8 Å². The molecule has 0 saturated heterocycles. The molecule has 1 N–H and O–H groups in total. The second kappa shape index (κ2) is 8.84. The molecule has 8 heteroatoms. The second-order valence-electron chi connectivity index (χ2n) is 7.59. The van der Waals surface area contributed by atoms with Crippen LogP contribution in [-0.2, 0) is 4.79 Å². The number of carbonyl (C=O) groups is 1. The van der Waals surface area contributed by atoms with Gasteiger partial charge in [-0.05, 0) is 61.4 Å². The number of nitrogens with zero attached hydrogens (tertiary/aromatic N) is 4. The Balaban J connectivity index is 1.65. The lowest BCUT2D eigenvalue weighted by atomic mass is 10.1. The lowest BCUT2D eigenvalue weighted by Gasteiger charge is -2.18. The average Bonchev–Trinajstić information content (AvgIpc) is 3.23. The Morgan fingerprint density at radius 2 is 2.06 bits per heavy atom. The zero-order valence-electron chi connectivity index (χ0n) is 18.1. The highest BCUT2D eigenvalue weighted by molar-refractivity contribution is 7.07. The number of amides is 1. The van der Waals surface area contributed by atoms with E-state index in [1.807, 2.05) is 53.9 Å². The molecule has 3 heterocycles. The molecule has 1 amide bonds. The van der Waals surface area contributed by atoms with Gasteiger partial charge in [0.1, 0.15) is 5.75 Å². The van der Waals surface area contributed by atoms with Crippen LogP contribution < -0.4 is 14.9 Å². The first-order valence-electron chi connectivity index (χ1n) is 10.4. The Morgan fingerprint density at radius 3 is 2.91 bits per heavy atom. The van der Waals surface area contributed by atoms with E-state index in [1.54, 1.807) is 17.1 Å². The number of nitrogens with one attached hydrogen (secondary N) is 1. The van der Waals surface area contributed by atoms with Gasteiger partial charge < -0.3 is 10.1 Å². The van der Waals surface area contributed by atoms with Gasteiger partial charge in [0.2, 0.25) is 4.80 Å². The Kier molecular flexibility index (Phi) is 5.58. The van der Waals surface area contributed by atoms with Crippen LogP contribution in [0, 0.1) is 13.8 Å². The fourth-order valence-corrected chi connectivity index (χ4v) is 4.31. The number of benzene rings is 2. The molecule has 0 spiro atoms. The molecule has 0 fully saturated rings. The highest BCUT2D eigenvalue weighted by atomic mass is 32.1. The standard InChI is InChI=1S/C25H21N5O2S/c1-16-6-5-8-20(17(16)2)29-25-30(27-13-19-7-3-4-11-26-19)22(15-33-25)18-9-10-23-21(12-18)28-24(31)14-32-23/h3-13,15H,14H2,1-2H3,(H,28,31). The molecule has 4 aromatic rings. The van der Waals surface area contributed by atoms with Gasteiger partial charge in [-0.2, -0.15) is 5.10 Å².